The van der Waals surface area contributed by atoms with Crippen molar-refractivity contribution in [3.63, 3.8) is 0 Å². The third-order valence-corrected chi connectivity index (χ3v) is 3.86. The Hall–Kier alpha value is -1.06. The predicted octanol–water partition coefficient (Wildman–Crippen LogP) is 1.89. The normalized spacial score (nSPS) is 28.8. The molecule has 0 unspecified atom stereocenters. The fourth-order valence-electron chi connectivity index (χ4n) is 2.81. The molecule has 0 aliphatic heterocycles. The summed E-state index contributed by atoms with van der Waals surface area (Å²) in [5.41, 5.74) is 0. The van der Waals surface area contributed by atoms with Crippen LogP contribution in [0.4, 0.5) is 0 Å². The molecule has 17 heavy (non-hydrogen) atoms. The molecule has 1 amide bonds. The molecule has 0 aromatic carbocycles. The van der Waals surface area contributed by atoms with E-state index in [1.807, 2.05) is 0 Å². The van der Waals surface area contributed by atoms with Gasteiger partial charge in [0.05, 0.1) is 0 Å². The summed E-state index contributed by atoms with van der Waals surface area (Å²) in [7, 11) is 0. The number of nitrogens with zero attached hydrogens (tertiary/aromatic N) is 1. The second-order valence-electron chi connectivity index (χ2n) is 5.56. The van der Waals surface area contributed by atoms with E-state index in [1.165, 1.54) is 6.42 Å². The van der Waals surface area contributed by atoms with Gasteiger partial charge in [0.25, 0.3) is 0 Å². The SMILES string of the molecule is C[C@H]1CCC[C@@H](C(=O)N(CC(=O)O)C2CC2)C1. The van der Waals surface area contributed by atoms with Crippen LogP contribution in [0.3, 0.4) is 0 Å². The fraction of sp³-hybridized carbons (Fsp3) is 0.846. The van der Waals surface area contributed by atoms with Gasteiger partial charge in [0.15, 0.2) is 0 Å². The number of carbonyl (C=O) groups excluding carboxylic acids is 1. The van der Waals surface area contributed by atoms with E-state index in [0.717, 1.165) is 32.1 Å². The third kappa shape index (κ3) is 3.20. The van der Waals surface area contributed by atoms with Gasteiger partial charge in [-0.25, -0.2) is 0 Å². The minimum atomic E-state index is -0.894. The van der Waals surface area contributed by atoms with Gasteiger partial charge in [-0.15, -0.1) is 0 Å². The number of carbonyl (C=O) groups is 2. The molecule has 0 spiro atoms. The Morgan fingerprint density at radius 3 is 2.47 bits per heavy atom. The van der Waals surface area contributed by atoms with Crippen molar-refractivity contribution in [1.82, 2.24) is 4.90 Å². The molecule has 0 bridgehead atoms. The van der Waals surface area contributed by atoms with E-state index in [4.69, 9.17) is 5.11 Å². The number of aliphatic carboxylic acids is 1. The van der Waals surface area contributed by atoms with Crippen LogP contribution in [0.25, 0.3) is 0 Å². The summed E-state index contributed by atoms with van der Waals surface area (Å²) in [5.74, 6) is -0.141. The zero-order valence-corrected chi connectivity index (χ0v) is 10.4. The summed E-state index contributed by atoms with van der Waals surface area (Å²) in [6.07, 6.45) is 6.12. The van der Waals surface area contributed by atoms with E-state index in [9.17, 15) is 9.59 Å². The van der Waals surface area contributed by atoms with Crippen LogP contribution in [0.15, 0.2) is 0 Å². The van der Waals surface area contributed by atoms with Gasteiger partial charge in [-0.2, -0.15) is 0 Å². The molecular weight excluding hydrogens is 218 g/mol. The molecule has 0 heterocycles. The van der Waals surface area contributed by atoms with Gasteiger partial charge in [-0.1, -0.05) is 19.8 Å². The molecule has 2 rings (SSSR count). The van der Waals surface area contributed by atoms with E-state index >= 15 is 0 Å². The Morgan fingerprint density at radius 2 is 1.94 bits per heavy atom. The second kappa shape index (κ2) is 5.07. The quantitative estimate of drug-likeness (QED) is 0.815. The van der Waals surface area contributed by atoms with Crippen LogP contribution in [0.1, 0.15) is 45.4 Å². The zero-order valence-electron chi connectivity index (χ0n) is 10.4. The van der Waals surface area contributed by atoms with Crippen molar-refractivity contribution in [3.05, 3.63) is 0 Å². The van der Waals surface area contributed by atoms with E-state index in [1.54, 1.807) is 4.90 Å². The summed E-state index contributed by atoms with van der Waals surface area (Å²) in [5, 5.41) is 8.87. The second-order valence-corrected chi connectivity index (χ2v) is 5.56. The molecule has 0 saturated heterocycles. The van der Waals surface area contributed by atoms with E-state index < -0.39 is 5.97 Å². The predicted molar refractivity (Wildman–Crippen MR) is 63.5 cm³/mol. The van der Waals surface area contributed by atoms with Gasteiger partial charge < -0.3 is 10.0 Å². The number of rotatable bonds is 4. The summed E-state index contributed by atoms with van der Waals surface area (Å²) in [4.78, 5) is 24.7. The molecule has 0 radical (unpaired) electrons. The largest absolute Gasteiger partial charge is 0.480 e. The van der Waals surface area contributed by atoms with E-state index in [2.05, 4.69) is 6.92 Å². The minimum Gasteiger partial charge on any atom is -0.480 e. The molecule has 2 fully saturated rings. The minimum absolute atomic E-state index is 0.0682. The first-order chi connectivity index (χ1) is 8.08. The van der Waals surface area contributed by atoms with Crippen LogP contribution in [0.5, 0.6) is 0 Å². The summed E-state index contributed by atoms with van der Waals surface area (Å²) in [6, 6.07) is 0.204. The molecule has 2 saturated carbocycles. The van der Waals surface area contributed by atoms with Crippen molar-refractivity contribution < 1.29 is 14.7 Å². The summed E-state index contributed by atoms with van der Waals surface area (Å²) in [6.45, 7) is 2.06. The Kier molecular flexibility index (Phi) is 3.69. The lowest BCUT2D eigenvalue weighted by molar-refractivity contribution is -0.147. The van der Waals surface area contributed by atoms with Crippen molar-refractivity contribution in [2.45, 2.75) is 51.5 Å². The van der Waals surface area contributed by atoms with Crippen molar-refractivity contribution in [2.24, 2.45) is 11.8 Å². The van der Waals surface area contributed by atoms with Gasteiger partial charge in [-0.05, 0) is 31.6 Å². The first kappa shape index (κ1) is 12.4. The molecule has 2 aliphatic rings. The summed E-state index contributed by atoms with van der Waals surface area (Å²) < 4.78 is 0. The smallest absolute Gasteiger partial charge is 0.323 e. The van der Waals surface area contributed by atoms with Crippen molar-refractivity contribution in [1.29, 1.82) is 0 Å². The lowest BCUT2D eigenvalue weighted by atomic mass is 9.81. The Balaban J connectivity index is 1.97. The number of hydrogen-bond donors (Lipinski definition) is 1. The molecule has 0 aromatic rings. The van der Waals surface area contributed by atoms with Gasteiger partial charge in [-0.3, -0.25) is 9.59 Å². The number of amides is 1. The maximum atomic E-state index is 12.3. The highest BCUT2D eigenvalue weighted by Gasteiger charge is 2.37. The Morgan fingerprint density at radius 1 is 1.24 bits per heavy atom. The highest BCUT2D eigenvalue weighted by molar-refractivity contribution is 5.83. The van der Waals surface area contributed by atoms with Gasteiger partial charge in [0, 0.05) is 12.0 Å². The van der Waals surface area contributed by atoms with Crippen LogP contribution in [0, 0.1) is 11.8 Å². The van der Waals surface area contributed by atoms with Gasteiger partial charge in [0.2, 0.25) is 5.91 Å². The monoisotopic (exact) mass is 239 g/mol. The highest BCUT2D eigenvalue weighted by atomic mass is 16.4. The van der Waals surface area contributed by atoms with Crippen LogP contribution in [-0.4, -0.2) is 34.5 Å². The van der Waals surface area contributed by atoms with Crippen molar-refractivity contribution in [3.8, 4) is 0 Å². The van der Waals surface area contributed by atoms with E-state index in [-0.39, 0.29) is 24.4 Å². The average molecular weight is 239 g/mol. The lowest BCUT2D eigenvalue weighted by Gasteiger charge is -2.30. The Labute approximate surface area is 102 Å². The molecule has 4 nitrogen and oxygen atoms in total. The first-order valence-electron chi connectivity index (χ1n) is 6.60. The molecule has 4 heteroatoms. The fourth-order valence-corrected chi connectivity index (χ4v) is 2.81. The van der Waals surface area contributed by atoms with Crippen LogP contribution < -0.4 is 0 Å². The lowest BCUT2D eigenvalue weighted by Crippen LogP contribution is -2.42. The third-order valence-electron chi connectivity index (χ3n) is 3.86. The van der Waals surface area contributed by atoms with Crippen molar-refractivity contribution in [2.75, 3.05) is 6.54 Å². The van der Waals surface area contributed by atoms with Crippen LogP contribution >= 0.6 is 0 Å². The van der Waals surface area contributed by atoms with Gasteiger partial charge >= 0.3 is 5.97 Å². The molecule has 2 atom stereocenters. The topological polar surface area (TPSA) is 57.6 Å². The Bertz CT molecular complexity index is 312. The maximum absolute atomic E-state index is 12.3. The number of carboxylic acid groups (broad SMARTS) is 1. The highest BCUT2D eigenvalue weighted by Crippen LogP contribution is 2.33. The number of hydrogen-bond acceptors (Lipinski definition) is 2. The average Bonchev–Trinajstić information content (AvgIpc) is 3.08. The molecule has 2 aliphatic carbocycles. The molecular formula is C13H21NO3. The molecule has 0 aromatic heterocycles. The first-order valence-corrected chi connectivity index (χ1v) is 6.60. The molecule has 96 valence electrons. The standard InChI is InChI=1S/C13H21NO3/c1-9-3-2-4-10(7-9)13(17)14(8-12(15)16)11-5-6-11/h9-11H,2-8H2,1H3,(H,15,16)/t9-,10+/m0/s1. The van der Waals surface area contributed by atoms with Crippen molar-refractivity contribution >= 4 is 11.9 Å². The van der Waals surface area contributed by atoms with Crippen LogP contribution in [-0.2, 0) is 9.59 Å². The zero-order chi connectivity index (χ0) is 12.4. The van der Waals surface area contributed by atoms with Crippen LogP contribution in [0.2, 0.25) is 0 Å². The number of carboxylic acids is 1. The summed E-state index contributed by atoms with van der Waals surface area (Å²) >= 11 is 0. The maximum Gasteiger partial charge on any atom is 0.323 e. The van der Waals surface area contributed by atoms with E-state index in [0.29, 0.717) is 5.92 Å². The van der Waals surface area contributed by atoms with Gasteiger partial charge in [0.1, 0.15) is 6.54 Å². The molecule has 1 N–H and O–H groups in total.